The van der Waals surface area contributed by atoms with Crippen molar-refractivity contribution in [2.24, 2.45) is 0 Å². The van der Waals surface area contributed by atoms with Crippen molar-refractivity contribution in [1.29, 1.82) is 0 Å². The molecule has 0 unspecified atom stereocenters. The van der Waals surface area contributed by atoms with Gasteiger partial charge in [-0.3, -0.25) is 0 Å². The van der Waals surface area contributed by atoms with Crippen LogP contribution in [-0.4, -0.2) is 0 Å². The molecular weight excluding hydrogens is 165 g/mol. The van der Waals surface area contributed by atoms with Crippen LogP contribution in [0.15, 0.2) is 0 Å². The first kappa shape index (κ1) is 54.4. The van der Waals surface area contributed by atoms with E-state index in [0.717, 1.165) is 0 Å². The second-order valence-corrected chi connectivity index (χ2v) is 0. The molecule has 0 aromatic carbocycles. The van der Waals surface area contributed by atoms with Crippen molar-refractivity contribution >= 4 is 12.4 Å². The molecule has 0 rings (SSSR count). The van der Waals surface area contributed by atoms with E-state index in [1.165, 1.54) is 0 Å². The first-order valence-electron chi connectivity index (χ1n) is 0. The van der Waals surface area contributed by atoms with E-state index in [1.807, 2.05) is 0 Å². The summed E-state index contributed by atoms with van der Waals surface area (Å²) >= 11 is 0. The van der Waals surface area contributed by atoms with Crippen LogP contribution in [0, 0.1) is 0 Å². The second kappa shape index (κ2) is 26.3. The van der Waals surface area contributed by atoms with E-state index in [0.29, 0.717) is 0 Å². The third kappa shape index (κ3) is 10.1. The predicted octanol–water partition coefficient (Wildman–Crippen LogP) is -5.57. The Balaban J connectivity index is 0. The fourth-order valence-corrected chi connectivity index (χ4v) is 0. The van der Waals surface area contributed by atoms with Crippen molar-refractivity contribution in [2.45, 2.75) is 0 Å². The van der Waals surface area contributed by atoms with E-state index in [4.69, 9.17) is 0 Å². The second-order valence-electron chi connectivity index (χ2n) is 0. The van der Waals surface area contributed by atoms with Crippen LogP contribution in [0.1, 0.15) is 0 Å². The maximum atomic E-state index is 0. The van der Waals surface area contributed by atoms with Gasteiger partial charge in [-0.2, -0.15) is 0 Å². The Labute approximate surface area is 54.1 Å². The van der Waals surface area contributed by atoms with Crippen LogP contribution < -0.4 is 24.8 Å². The topological polar surface area (TPSA) is 0 Å². The minimum absolute atomic E-state index is 0. The van der Waals surface area contributed by atoms with Gasteiger partial charge in [0.05, 0.1) is 0 Å². The summed E-state index contributed by atoms with van der Waals surface area (Å²) < 4.78 is 0. The molecule has 0 nitrogen and oxygen atoms in total. The monoisotopic (exact) mass is 165 g/mol. The van der Waals surface area contributed by atoms with Crippen molar-refractivity contribution in [2.75, 3.05) is 0 Å². The van der Waals surface area contributed by atoms with Gasteiger partial charge in [-0.1, -0.05) is 0 Å². The Kier molecular flexibility index (Phi) is 358. The Hall–Kier alpha value is 1.38. The van der Waals surface area contributed by atoms with Gasteiger partial charge >= 0.3 is 16.8 Å². The molecule has 4 heavy (non-hydrogen) atoms. The summed E-state index contributed by atoms with van der Waals surface area (Å²) in [5.74, 6) is 0. The van der Waals surface area contributed by atoms with E-state index in [-0.39, 0.29) is 54.0 Å². The maximum absolute atomic E-state index is 0. The molecule has 31 valence electrons. The van der Waals surface area contributed by atoms with Crippen molar-refractivity contribution in [3.8, 4) is 0 Å². The normalized spacial score (nSPS) is 0. The van der Waals surface area contributed by atoms with Crippen LogP contribution in [0.4, 0.5) is 0 Å². The van der Waals surface area contributed by atoms with Crippen LogP contribution in [-0.2, 0) is 16.8 Å². The first-order chi connectivity index (χ1) is 0. The molecule has 0 fully saturated rings. The minimum atomic E-state index is 0. The van der Waals surface area contributed by atoms with E-state index in [9.17, 15) is 0 Å². The van der Waals surface area contributed by atoms with Gasteiger partial charge in [0, 0.05) is 0 Å². The van der Waals surface area contributed by atoms with Gasteiger partial charge in [-0.15, -0.1) is 12.4 Å². The average Bonchev–Trinajstić information content (AvgIpc) is 0. The van der Waals surface area contributed by atoms with Crippen LogP contribution in [0.2, 0.25) is 0 Å². The van der Waals surface area contributed by atoms with Gasteiger partial charge < -0.3 is 24.8 Å². The zero-order valence-electron chi connectivity index (χ0n) is 1.50. The van der Waals surface area contributed by atoms with Crippen LogP contribution in [0.5, 0.6) is 0 Å². The van der Waals surface area contributed by atoms with Gasteiger partial charge in [0.2, 0.25) is 0 Å². The maximum Gasteiger partial charge on any atom is 2.00 e. The molecular formula is HCl3Co. The number of hydrogen-bond donors (Lipinski definition) is 0. The molecule has 0 aliphatic heterocycles. The molecule has 1 radical (unpaired) electrons. The zero-order valence-corrected chi connectivity index (χ0v) is 4.87. The molecule has 0 saturated carbocycles. The summed E-state index contributed by atoms with van der Waals surface area (Å²) in [6.07, 6.45) is 0. The van der Waals surface area contributed by atoms with Gasteiger partial charge in [-0.25, -0.2) is 0 Å². The van der Waals surface area contributed by atoms with Crippen molar-refractivity contribution in [3.05, 3.63) is 0 Å². The summed E-state index contributed by atoms with van der Waals surface area (Å²) in [5, 5.41) is 0. The predicted molar refractivity (Wildman–Crippen MR) is 7.25 cm³/mol. The number of rotatable bonds is 0. The van der Waals surface area contributed by atoms with E-state index < -0.39 is 0 Å². The Morgan fingerprint density at radius 1 is 0.750 bits per heavy atom. The molecule has 0 aromatic rings. The summed E-state index contributed by atoms with van der Waals surface area (Å²) in [7, 11) is 0. The molecule has 0 spiro atoms. The van der Waals surface area contributed by atoms with Crippen molar-refractivity contribution in [3.63, 3.8) is 0 Å². The molecule has 0 aliphatic rings. The van der Waals surface area contributed by atoms with Crippen molar-refractivity contribution in [1.82, 2.24) is 0 Å². The molecule has 0 atom stereocenters. The molecule has 0 amide bonds. The smallest absolute Gasteiger partial charge is 1.00 e. The number of halogens is 3. The van der Waals surface area contributed by atoms with Crippen LogP contribution in [0.25, 0.3) is 0 Å². The van der Waals surface area contributed by atoms with Gasteiger partial charge in [-0.05, 0) is 0 Å². The van der Waals surface area contributed by atoms with Gasteiger partial charge in [0.1, 0.15) is 0 Å². The molecule has 0 saturated heterocycles. The van der Waals surface area contributed by atoms with E-state index in [1.54, 1.807) is 0 Å². The molecule has 0 bridgehead atoms. The number of hydrogen-bond acceptors (Lipinski definition) is 0. The zero-order chi connectivity index (χ0) is 0. The van der Waals surface area contributed by atoms with Crippen LogP contribution >= 0.6 is 12.4 Å². The van der Waals surface area contributed by atoms with Gasteiger partial charge in [0.15, 0.2) is 0 Å². The summed E-state index contributed by atoms with van der Waals surface area (Å²) in [6.45, 7) is 0. The van der Waals surface area contributed by atoms with E-state index in [2.05, 4.69) is 0 Å². The molecule has 0 heterocycles. The Morgan fingerprint density at radius 3 is 0.750 bits per heavy atom. The summed E-state index contributed by atoms with van der Waals surface area (Å²) in [6, 6.07) is 0. The average molecular weight is 166 g/mol. The summed E-state index contributed by atoms with van der Waals surface area (Å²) in [4.78, 5) is 0. The SMILES string of the molecule is Cl.[Cl-].[Cl-].[Co+2]. The van der Waals surface area contributed by atoms with E-state index >= 15 is 0 Å². The van der Waals surface area contributed by atoms with Crippen LogP contribution in [0.3, 0.4) is 0 Å². The first-order valence-corrected chi connectivity index (χ1v) is 0. The molecule has 0 aromatic heterocycles. The minimum Gasteiger partial charge on any atom is -1.00 e. The largest absolute Gasteiger partial charge is 2.00 e. The quantitative estimate of drug-likeness (QED) is 0.337. The molecule has 4 heteroatoms. The standard InChI is InChI=1S/3ClH.Co/h3*1H;/q;;;+2/p-2. The third-order valence-corrected chi connectivity index (χ3v) is 0. The fourth-order valence-electron chi connectivity index (χ4n) is 0. The van der Waals surface area contributed by atoms with Gasteiger partial charge in [0.25, 0.3) is 0 Å². The Bertz CT molecular complexity index is 3.25. The Morgan fingerprint density at radius 2 is 0.750 bits per heavy atom. The van der Waals surface area contributed by atoms with Crippen molar-refractivity contribution < 1.29 is 41.6 Å². The fraction of sp³-hybridized carbons (Fsp3) is 0. The third-order valence-electron chi connectivity index (χ3n) is 0. The molecule has 0 aliphatic carbocycles. The summed E-state index contributed by atoms with van der Waals surface area (Å²) in [5.41, 5.74) is 0. The molecule has 0 N–H and O–H groups in total.